The van der Waals surface area contributed by atoms with Crippen molar-refractivity contribution in [1.82, 2.24) is 15.3 Å². The zero-order chi connectivity index (χ0) is 21.8. The van der Waals surface area contributed by atoms with E-state index in [9.17, 15) is 0 Å². The smallest absolute Gasteiger partial charge is 0.179 e. The predicted molar refractivity (Wildman–Crippen MR) is 125 cm³/mol. The van der Waals surface area contributed by atoms with Gasteiger partial charge in [-0.2, -0.15) is 0 Å². The van der Waals surface area contributed by atoms with Crippen molar-refractivity contribution >= 4 is 16.6 Å². The number of benzene rings is 1. The second-order valence-electron chi connectivity index (χ2n) is 8.40. The number of para-hydroxylation sites is 1. The molecule has 2 aliphatic rings. The third-order valence-corrected chi connectivity index (χ3v) is 6.41. The maximum atomic E-state index is 5.64. The van der Waals surface area contributed by atoms with Crippen molar-refractivity contribution in [1.29, 1.82) is 0 Å². The number of piperidine rings is 1. The van der Waals surface area contributed by atoms with Crippen LogP contribution >= 0.6 is 0 Å². The molecule has 2 aliphatic heterocycles. The van der Waals surface area contributed by atoms with Gasteiger partial charge in [0.05, 0.1) is 19.0 Å². The van der Waals surface area contributed by atoms with Crippen molar-refractivity contribution in [3.8, 4) is 17.2 Å². The molecule has 0 spiro atoms. The van der Waals surface area contributed by atoms with Crippen LogP contribution in [0.3, 0.4) is 0 Å². The lowest BCUT2D eigenvalue weighted by atomic mass is 9.93. The van der Waals surface area contributed by atoms with Crippen molar-refractivity contribution in [3.05, 3.63) is 48.4 Å². The molecule has 5 rings (SSSR count). The second kappa shape index (κ2) is 9.61. The van der Waals surface area contributed by atoms with E-state index in [2.05, 4.69) is 32.3 Å². The first-order chi connectivity index (χ1) is 15.8. The molecule has 168 valence electrons. The number of methoxy groups -OCH3 is 1. The van der Waals surface area contributed by atoms with Crippen LogP contribution in [0.25, 0.3) is 10.9 Å². The number of nitrogens with zero attached hydrogens (tertiary/aromatic N) is 3. The predicted octanol–water partition coefficient (Wildman–Crippen LogP) is 3.81. The van der Waals surface area contributed by atoms with Gasteiger partial charge in [-0.1, -0.05) is 12.1 Å². The molecular formula is C25H30N4O3. The van der Waals surface area contributed by atoms with Gasteiger partial charge >= 0.3 is 0 Å². The third kappa shape index (κ3) is 4.43. The molecule has 4 heterocycles. The highest BCUT2D eigenvalue weighted by molar-refractivity contribution is 5.95. The highest BCUT2D eigenvalue weighted by Gasteiger charge is 2.21. The summed E-state index contributed by atoms with van der Waals surface area (Å²) in [5.41, 5.74) is 3.19. The molecular weight excluding hydrogens is 404 g/mol. The summed E-state index contributed by atoms with van der Waals surface area (Å²) in [4.78, 5) is 11.5. The number of anilines is 1. The highest BCUT2D eigenvalue weighted by Crippen LogP contribution is 2.33. The lowest BCUT2D eigenvalue weighted by Crippen LogP contribution is -2.34. The van der Waals surface area contributed by atoms with Crippen molar-refractivity contribution in [2.45, 2.75) is 25.8 Å². The quantitative estimate of drug-likeness (QED) is 0.567. The van der Waals surface area contributed by atoms with Gasteiger partial charge in [0.2, 0.25) is 0 Å². The summed E-state index contributed by atoms with van der Waals surface area (Å²) >= 11 is 0. The molecule has 0 unspecified atom stereocenters. The van der Waals surface area contributed by atoms with Crippen molar-refractivity contribution in [2.24, 2.45) is 5.92 Å². The Morgan fingerprint density at radius 2 is 1.94 bits per heavy atom. The maximum absolute atomic E-state index is 5.64. The van der Waals surface area contributed by atoms with Gasteiger partial charge < -0.3 is 24.4 Å². The van der Waals surface area contributed by atoms with Gasteiger partial charge in [-0.25, -0.2) is 0 Å². The average molecular weight is 435 g/mol. The molecule has 0 bridgehead atoms. The Bertz CT molecular complexity index is 1070. The molecule has 2 aromatic heterocycles. The van der Waals surface area contributed by atoms with Crippen LogP contribution in [-0.4, -0.2) is 49.9 Å². The van der Waals surface area contributed by atoms with Gasteiger partial charge in [-0.05, 0) is 43.9 Å². The molecule has 7 nitrogen and oxygen atoms in total. The number of fused-ring (bicyclic) bond motifs is 2. The maximum Gasteiger partial charge on any atom is 0.179 e. The Morgan fingerprint density at radius 1 is 1.09 bits per heavy atom. The normalized spacial score (nSPS) is 16.3. The Balaban J connectivity index is 1.11. The number of pyridine rings is 2. The lowest BCUT2D eigenvalue weighted by molar-refractivity contribution is 0.170. The number of nitrogens with one attached hydrogen (secondary N) is 1. The minimum absolute atomic E-state index is 0.594. The van der Waals surface area contributed by atoms with E-state index in [1.54, 1.807) is 13.3 Å². The Labute approximate surface area is 188 Å². The Kier molecular flexibility index (Phi) is 6.25. The zero-order valence-electron chi connectivity index (χ0n) is 18.5. The molecule has 7 heteroatoms. The van der Waals surface area contributed by atoms with Crippen molar-refractivity contribution < 1.29 is 14.2 Å². The van der Waals surface area contributed by atoms with E-state index in [0.717, 1.165) is 60.6 Å². The van der Waals surface area contributed by atoms with Gasteiger partial charge in [-0.15, -0.1) is 0 Å². The summed E-state index contributed by atoms with van der Waals surface area (Å²) in [6.07, 6.45) is 7.25. The van der Waals surface area contributed by atoms with Gasteiger partial charge in [0, 0.05) is 43.0 Å². The fourth-order valence-electron chi connectivity index (χ4n) is 4.65. The van der Waals surface area contributed by atoms with Crippen LogP contribution in [0.4, 0.5) is 5.69 Å². The number of aromatic nitrogens is 2. The summed E-state index contributed by atoms with van der Waals surface area (Å²) in [7, 11) is 1.70. The monoisotopic (exact) mass is 434 g/mol. The average Bonchev–Trinajstić information content (AvgIpc) is 2.86. The van der Waals surface area contributed by atoms with E-state index < -0.39 is 0 Å². The van der Waals surface area contributed by atoms with Gasteiger partial charge in [0.1, 0.15) is 24.5 Å². The molecule has 0 atom stereocenters. The number of ether oxygens (including phenoxy) is 3. The summed E-state index contributed by atoms with van der Waals surface area (Å²) in [6.45, 7) is 5.09. The first-order valence-electron chi connectivity index (χ1n) is 11.4. The molecule has 0 saturated carbocycles. The SMILES string of the molecule is COc1cccc2c(N3CCC(CCNCc4cc5c(cn4)OCCO5)CC3)ccnc12. The summed E-state index contributed by atoms with van der Waals surface area (Å²) in [6, 6.07) is 10.3. The standard InChI is InChI=1S/C25H30N4O3/c1-30-22-4-2-3-20-21(6-10-27-25(20)22)29-11-7-18(8-12-29)5-9-26-16-19-15-23-24(17-28-19)32-14-13-31-23/h2-4,6,10,15,17-18,26H,5,7-9,11-14,16H2,1H3. The Morgan fingerprint density at radius 3 is 2.78 bits per heavy atom. The minimum Gasteiger partial charge on any atom is -0.494 e. The van der Waals surface area contributed by atoms with Crippen LogP contribution < -0.4 is 24.4 Å². The van der Waals surface area contributed by atoms with E-state index >= 15 is 0 Å². The molecule has 1 fully saturated rings. The number of hydrogen-bond acceptors (Lipinski definition) is 7. The molecule has 0 amide bonds. The molecule has 32 heavy (non-hydrogen) atoms. The third-order valence-electron chi connectivity index (χ3n) is 6.41. The molecule has 1 aromatic carbocycles. The van der Waals surface area contributed by atoms with Gasteiger partial charge in [-0.3, -0.25) is 9.97 Å². The summed E-state index contributed by atoms with van der Waals surface area (Å²) in [5, 5.41) is 4.71. The van der Waals surface area contributed by atoms with E-state index in [1.165, 1.54) is 30.3 Å². The van der Waals surface area contributed by atoms with E-state index in [-0.39, 0.29) is 0 Å². The van der Waals surface area contributed by atoms with Gasteiger partial charge in [0.25, 0.3) is 0 Å². The van der Waals surface area contributed by atoms with Crippen molar-refractivity contribution in [3.63, 3.8) is 0 Å². The highest BCUT2D eigenvalue weighted by atomic mass is 16.6. The summed E-state index contributed by atoms with van der Waals surface area (Å²) in [5.74, 6) is 3.12. The van der Waals surface area contributed by atoms with Crippen molar-refractivity contribution in [2.75, 3.05) is 44.9 Å². The minimum atomic E-state index is 0.594. The van der Waals surface area contributed by atoms with E-state index in [4.69, 9.17) is 14.2 Å². The van der Waals surface area contributed by atoms with Crippen LogP contribution in [0.2, 0.25) is 0 Å². The molecule has 0 aliphatic carbocycles. The van der Waals surface area contributed by atoms with E-state index in [0.29, 0.717) is 13.2 Å². The molecule has 3 aromatic rings. The van der Waals surface area contributed by atoms with Crippen LogP contribution in [0.15, 0.2) is 42.7 Å². The fraction of sp³-hybridized carbons (Fsp3) is 0.440. The lowest BCUT2D eigenvalue weighted by Gasteiger charge is -2.34. The van der Waals surface area contributed by atoms with Gasteiger partial charge in [0.15, 0.2) is 11.5 Å². The van der Waals surface area contributed by atoms with Crippen LogP contribution in [-0.2, 0) is 6.54 Å². The molecule has 1 saturated heterocycles. The first kappa shape index (κ1) is 20.8. The number of hydrogen-bond donors (Lipinski definition) is 1. The topological polar surface area (TPSA) is 68.7 Å². The zero-order valence-corrected chi connectivity index (χ0v) is 18.5. The molecule has 0 radical (unpaired) electrons. The number of rotatable bonds is 7. The summed E-state index contributed by atoms with van der Waals surface area (Å²) < 4.78 is 16.7. The van der Waals surface area contributed by atoms with Crippen LogP contribution in [0.5, 0.6) is 17.2 Å². The second-order valence-corrected chi connectivity index (χ2v) is 8.40. The van der Waals surface area contributed by atoms with Crippen LogP contribution in [0.1, 0.15) is 25.0 Å². The Hall–Kier alpha value is -3.06. The van der Waals surface area contributed by atoms with Crippen LogP contribution in [0, 0.1) is 5.92 Å². The molecule has 1 N–H and O–H groups in total. The largest absolute Gasteiger partial charge is 0.494 e. The van der Waals surface area contributed by atoms with E-state index in [1.807, 2.05) is 24.4 Å². The first-order valence-corrected chi connectivity index (χ1v) is 11.4. The fourth-order valence-corrected chi connectivity index (χ4v) is 4.65.